The Bertz CT molecular complexity index is 115. The van der Waals surface area contributed by atoms with Crippen molar-refractivity contribution in [2.75, 3.05) is 6.61 Å². The molecule has 72 valence electrons. The lowest BCUT2D eigenvalue weighted by Gasteiger charge is -2.02. The van der Waals surface area contributed by atoms with Gasteiger partial charge in [0.1, 0.15) is 0 Å². The number of unbranched alkanes of at least 4 members (excludes halogenated alkanes) is 3. The van der Waals surface area contributed by atoms with Crippen LogP contribution in [0.1, 0.15) is 53.8 Å². The maximum Gasteiger partial charge on any atom is 1.00 e. The molecule has 0 radical (unpaired) electrons. The molecule has 2 heteroatoms. The van der Waals surface area contributed by atoms with Crippen LogP contribution in [0.25, 0.3) is 0 Å². The molecule has 0 bridgehead atoms. The minimum Gasteiger partial charge on any atom is -0.466 e. The predicted octanol–water partition coefficient (Wildman–Crippen LogP) is 3.02. The Kier molecular flexibility index (Phi) is 8.19. The van der Waals surface area contributed by atoms with Crippen molar-refractivity contribution in [1.82, 2.24) is 0 Å². The fraction of sp³-hybridized carbons (Fsp3) is 0.900. The van der Waals surface area contributed by atoms with Gasteiger partial charge in [0.25, 0.3) is 0 Å². The molecule has 0 rings (SSSR count). The predicted molar refractivity (Wildman–Crippen MR) is 51.1 cm³/mol. The van der Waals surface area contributed by atoms with E-state index in [1.165, 1.54) is 19.3 Å². The van der Waals surface area contributed by atoms with E-state index >= 15 is 0 Å². The van der Waals surface area contributed by atoms with Crippen LogP contribution in [0.15, 0.2) is 0 Å². The van der Waals surface area contributed by atoms with E-state index in [2.05, 4.69) is 6.92 Å². The summed E-state index contributed by atoms with van der Waals surface area (Å²) in [5.41, 5.74) is 0. The Morgan fingerprint density at radius 2 is 1.92 bits per heavy atom. The van der Waals surface area contributed by atoms with Gasteiger partial charge in [0.2, 0.25) is 0 Å². The third-order valence-electron chi connectivity index (χ3n) is 1.72. The van der Waals surface area contributed by atoms with Crippen molar-refractivity contribution >= 4 is 5.97 Å². The molecular formula is C10H21O2+. The number of ether oxygens (including phenoxy) is 1. The van der Waals surface area contributed by atoms with Gasteiger partial charge >= 0.3 is 7.40 Å². The molecule has 0 aromatic heterocycles. The van der Waals surface area contributed by atoms with Gasteiger partial charge in [0, 0.05) is 6.42 Å². The maximum atomic E-state index is 10.9. The highest BCUT2D eigenvalue weighted by Crippen LogP contribution is 2.00. The number of rotatable bonds is 7. The smallest absolute Gasteiger partial charge is 0.466 e. The molecule has 0 aromatic carbocycles. The lowest BCUT2D eigenvalue weighted by atomic mass is 10.2. The second kappa shape index (κ2) is 8.57. The Morgan fingerprint density at radius 1 is 1.17 bits per heavy atom. The van der Waals surface area contributed by atoms with E-state index in [-0.39, 0.29) is 7.40 Å². The van der Waals surface area contributed by atoms with E-state index in [0.29, 0.717) is 13.0 Å². The summed E-state index contributed by atoms with van der Waals surface area (Å²) in [6, 6.07) is 0. The molecule has 2 nitrogen and oxygen atoms in total. The maximum absolute atomic E-state index is 10.9. The topological polar surface area (TPSA) is 26.3 Å². The van der Waals surface area contributed by atoms with Crippen LogP contribution in [0, 0.1) is 0 Å². The summed E-state index contributed by atoms with van der Waals surface area (Å²) >= 11 is 0. The first-order valence-corrected chi connectivity index (χ1v) is 4.96. The number of esters is 1. The molecule has 0 aliphatic carbocycles. The molecule has 0 amide bonds. The molecule has 0 unspecified atom stereocenters. The monoisotopic (exact) mass is 173 g/mol. The third kappa shape index (κ3) is 7.58. The Hall–Kier alpha value is -0.530. The van der Waals surface area contributed by atoms with E-state index < -0.39 is 0 Å². The Morgan fingerprint density at radius 3 is 2.50 bits per heavy atom. The van der Waals surface area contributed by atoms with Crippen molar-refractivity contribution in [2.24, 2.45) is 0 Å². The number of carbonyl (C=O) groups excluding carboxylic acids is 1. The second-order valence-corrected chi connectivity index (χ2v) is 3.03. The molecule has 0 spiro atoms. The average Bonchev–Trinajstić information content (AvgIpc) is 2.05. The van der Waals surface area contributed by atoms with Crippen molar-refractivity contribution in [2.45, 2.75) is 52.4 Å². The van der Waals surface area contributed by atoms with Crippen LogP contribution in [-0.2, 0) is 9.53 Å². The number of carbonyl (C=O) groups is 1. The van der Waals surface area contributed by atoms with Gasteiger partial charge in [-0.3, -0.25) is 4.79 Å². The summed E-state index contributed by atoms with van der Waals surface area (Å²) in [6.45, 7) is 4.76. The molecule has 12 heavy (non-hydrogen) atoms. The lowest BCUT2D eigenvalue weighted by Crippen LogP contribution is -2.04. The van der Waals surface area contributed by atoms with Crippen LogP contribution in [0.4, 0.5) is 0 Å². The first-order valence-electron chi connectivity index (χ1n) is 4.96. The van der Waals surface area contributed by atoms with E-state index in [0.717, 1.165) is 12.8 Å². The van der Waals surface area contributed by atoms with Gasteiger partial charge in [-0.1, -0.05) is 33.1 Å². The van der Waals surface area contributed by atoms with E-state index in [9.17, 15) is 4.79 Å². The van der Waals surface area contributed by atoms with Crippen LogP contribution < -0.4 is 0 Å². The highest BCUT2D eigenvalue weighted by Gasteiger charge is 1.98. The Balaban J connectivity index is 0. The van der Waals surface area contributed by atoms with Crippen LogP contribution in [-0.4, -0.2) is 12.6 Å². The van der Waals surface area contributed by atoms with Gasteiger partial charge < -0.3 is 4.74 Å². The zero-order valence-corrected chi connectivity index (χ0v) is 8.27. The molecule has 0 fully saturated rings. The minimum atomic E-state index is -0.0472. The normalized spacial score (nSPS) is 9.83. The number of hydrogen-bond donors (Lipinski definition) is 0. The molecule has 0 saturated carbocycles. The van der Waals surface area contributed by atoms with Crippen LogP contribution in [0.5, 0.6) is 0 Å². The largest absolute Gasteiger partial charge is 1.00 e. The second-order valence-electron chi connectivity index (χ2n) is 3.03. The molecule has 0 atom stereocenters. The van der Waals surface area contributed by atoms with Gasteiger partial charge in [0.15, 0.2) is 0 Å². The number of hydrogen-bond acceptors (Lipinski definition) is 2. The standard InChI is InChI=1S/C10H20O2/c1-3-5-6-7-9-12-10(11)8-4-2/h3-9H2,1-2H3/p+1. The minimum absolute atomic E-state index is 0. The average molecular weight is 173 g/mol. The van der Waals surface area contributed by atoms with Crippen LogP contribution in [0.2, 0.25) is 0 Å². The summed E-state index contributed by atoms with van der Waals surface area (Å²) < 4.78 is 4.99. The van der Waals surface area contributed by atoms with Crippen molar-refractivity contribution in [3.05, 3.63) is 0 Å². The van der Waals surface area contributed by atoms with E-state index in [1.54, 1.807) is 0 Å². The molecule has 0 N–H and O–H groups in total. The lowest BCUT2D eigenvalue weighted by molar-refractivity contribution is -0.143. The molecule has 0 aliphatic heterocycles. The van der Waals surface area contributed by atoms with Gasteiger partial charge in [0.05, 0.1) is 6.61 Å². The summed E-state index contributed by atoms with van der Waals surface area (Å²) in [5.74, 6) is -0.0472. The van der Waals surface area contributed by atoms with Crippen molar-refractivity contribution in [3.8, 4) is 0 Å². The zero-order valence-electron chi connectivity index (χ0n) is 9.27. The van der Waals surface area contributed by atoms with E-state index in [1.807, 2.05) is 6.92 Å². The van der Waals surface area contributed by atoms with Crippen molar-refractivity contribution < 1.29 is 11.0 Å². The summed E-state index contributed by atoms with van der Waals surface area (Å²) in [4.78, 5) is 10.9. The fourth-order valence-electron chi connectivity index (χ4n) is 0.991. The fourth-order valence-corrected chi connectivity index (χ4v) is 0.991. The molecule has 0 aliphatic rings. The highest BCUT2D eigenvalue weighted by atomic mass is 16.5. The quantitative estimate of drug-likeness (QED) is 0.437. The van der Waals surface area contributed by atoms with Gasteiger partial charge in [-0.05, 0) is 12.8 Å². The van der Waals surface area contributed by atoms with Crippen LogP contribution in [0.3, 0.4) is 0 Å². The molecule has 0 saturated heterocycles. The third-order valence-corrected chi connectivity index (χ3v) is 1.72. The van der Waals surface area contributed by atoms with Gasteiger partial charge in [-0.15, -0.1) is 0 Å². The summed E-state index contributed by atoms with van der Waals surface area (Å²) in [6.07, 6.45) is 6.11. The molecule has 0 aromatic rings. The van der Waals surface area contributed by atoms with Crippen molar-refractivity contribution in [1.29, 1.82) is 0 Å². The summed E-state index contributed by atoms with van der Waals surface area (Å²) in [7, 11) is 0. The first kappa shape index (κ1) is 11.5. The van der Waals surface area contributed by atoms with E-state index in [4.69, 9.17) is 4.74 Å². The Labute approximate surface area is 76.8 Å². The zero-order chi connectivity index (χ0) is 9.23. The van der Waals surface area contributed by atoms with Gasteiger partial charge in [-0.25, -0.2) is 0 Å². The first-order chi connectivity index (χ1) is 5.81. The molecular weight excluding hydrogens is 152 g/mol. The SMILES string of the molecule is CCCCCCOC(=O)CCC.[H+]. The summed E-state index contributed by atoms with van der Waals surface area (Å²) in [5, 5.41) is 0. The molecule has 0 heterocycles. The van der Waals surface area contributed by atoms with Gasteiger partial charge in [-0.2, -0.15) is 0 Å². The highest BCUT2D eigenvalue weighted by molar-refractivity contribution is 5.69. The van der Waals surface area contributed by atoms with Crippen molar-refractivity contribution in [3.63, 3.8) is 0 Å². The van der Waals surface area contributed by atoms with Crippen LogP contribution >= 0.6 is 0 Å².